The predicted octanol–water partition coefficient (Wildman–Crippen LogP) is 2.66. The molecule has 2 aliphatic rings. The van der Waals surface area contributed by atoms with E-state index in [4.69, 9.17) is 5.73 Å². The first-order valence-corrected chi connectivity index (χ1v) is 7.76. The number of hydrogen-bond donors (Lipinski definition) is 1. The molecule has 0 bridgehead atoms. The van der Waals surface area contributed by atoms with E-state index in [1.807, 2.05) is 0 Å². The zero-order valence-electron chi connectivity index (χ0n) is 13.2. The Balaban J connectivity index is 1.99. The van der Waals surface area contributed by atoms with Gasteiger partial charge in [0.25, 0.3) is 0 Å². The van der Waals surface area contributed by atoms with Gasteiger partial charge in [-0.05, 0) is 51.2 Å². The number of benzene rings is 1. The second kappa shape index (κ2) is 5.50. The molecule has 3 rings (SSSR count). The lowest BCUT2D eigenvalue weighted by molar-refractivity contribution is -0.127. The molecule has 2 amide bonds. The number of hydrogen-bond acceptors (Lipinski definition) is 2. The molecule has 1 saturated carbocycles. The first kappa shape index (κ1) is 16.8. The van der Waals surface area contributed by atoms with Crippen molar-refractivity contribution in [2.75, 3.05) is 4.90 Å². The van der Waals surface area contributed by atoms with Crippen LogP contribution in [0.25, 0.3) is 0 Å². The maximum atomic E-state index is 14.0. The number of carbonyl (C=O) groups excluding carboxylic acids is 2. The van der Waals surface area contributed by atoms with Gasteiger partial charge in [-0.2, -0.15) is 0 Å². The van der Waals surface area contributed by atoms with Crippen molar-refractivity contribution >= 4 is 17.5 Å². The van der Waals surface area contributed by atoms with Crippen LogP contribution in [0.2, 0.25) is 0 Å². The van der Waals surface area contributed by atoms with E-state index >= 15 is 0 Å². The quantitative estimate of drug-likeness (QED) is 0.900. The standard InChI is InChI=1S/C17H18F3N2O2/c1-16(20)2-4-17(5-3-16)9-13(14(21)23)22(15(17)24)12-7-10(18)6-11(19)8-12/h2,6-8,13H,3-5,9H2,1H3,(H2,21,23). The Bertz CT molecular complexity index is 675. The second-order valence-corrected chi connectivity index (χ2v) is 6.89. The lowest BCUT2D eigenvalue weighted by Crippen LogP contribution is -2.44. The number of alkyl halides is 1. The highest BCUT2D eigenvalue weighted by atomic mass is 19.1. The van der Waals surface area contributed by atoms with E-state index in [2.05, 4.69) is 0 Å². The van der Waals surface area contributed by atoms with Crippen LogP contribution < -0.4 is 10.6 Å². The molecule has 1 aromatic rings. The van der Waals surface area contributed by atoms with E-state index in [9.17, 15) is 22.8 Å². The molecule has 1 aliphatic heterocycles. The Kier molecular flexibility index (Phi) is 3.85. The van der Waals surface area contributed by atoms with Gasteiger partial charge in [-0.1, -0.05) is 0 Å². The molecule has 0 aromatic heterocycles. The second-order valence-electron chi connectivity index (χ2n) is 6.89. The van der Waals surface area contributed by atoms with Crippen molar-refractivity contribution in [1.29, 1.82) is 0 Å². The number of halogens is 3. The van der Waals surface area contributed by atoms with Crippen LogP contribution in [0.15, 0.2) is 18.2 Å². The zero-order valence-corrected chi connectivity index (χ0v) is 13.2. The molecule has 4 nitrogen and oxygen atoms in total. The summed E-state index contributed by atoms with van der Waals surface area (Å²) >= 11 is 0. The third kappa shape index (κ3) is 2.76. The number of amides is 2. The molecule has 1 spiro atoms. The Morgan fingerprint density at radius 3 is 2.38 bits per heavy atom. The van der Waals surface area contributed by atoms with Crippen LogP contribution >= 0.6 is 0 Å². The molecule has 1 aromatic carbocycles. The van der Waals surface area contributed by atoms with Crippen LogP contribution in [0.1, 0.15) is 32.6 Å². The van der Waals surface area contributed by atoms with Gasteiger partial charge in [0.15, 0.2) is 0 Å². The monoisotopic (exact) mass is 339 g/mol. The van der Waals surface area contributed by atoms with E-state index in [1.165, 1.54) is 13.3 Å². The Hall–Kier alpha value is -2.05. The predicted molar refractivity (Wildman–Crippen MR) is 81.5 cm³/mol. The van der Waals surface area contributed by atoms with Crippen LogP contribution in [0.4, 0.5) is 18.9 Å². The van der Waals surface area contributed by atoms with Crippen LogP contribution in [0, 0.1) is 23.5 Å². The zero-order chi connectivity index (χ0) is 17.7. The molecule has 2 N–H and O–H groups in total. The molecule has 7 heteroatoms. The summed E-state index contributed by atoms with van der Waals surface area (Å²) < 4.78 is 41.1. The van der Waals surface area contributed by atoms with Gasteiger partial charge in [-0.25, -0.2) is 13.2 Å². The lowest BCUT2D eigenvalue weighted by atomic mass is 9.68. The summed E-state index contributed by atoms with van der Waals surface area (Å²) in [5.41, 5.74) is 2.94. The molecule has 129 valence electrons. The Labute approximate surface area is 137 Å². The molecule has 1 heterocycles. The van der Waals surface area contributed by atoms with Crippen molar-refractivity contribution in [3.8, 4) is 0 Å². The fourth-order valence-electron chi connectivity index (χ4n) is 3.62. The van der Waals surface area contributed by atoms with Crippen molar-refractivity contribution in [3.05, 3.63) is 36.3 Å². The summed E-state index contributed by atoms with van der Waals surface area (Å²) in [5, 5.41) is 0. The molecule has 3 unspecified atom stereocenters. The van der Waals surface area contributed by atoms with Crippen LogP contribution in [0.3, 0.4) is 0 Å². The normalized spacial score (nSPS) is 33.2. The highest BCUT2D eigenvalue weighted by Gasteiger charge is 2.56. The van der Waals surface area contributed by atoms with Crippen LogP contribution in [-0.2, 0) is 9.59 Å². The number of primary amides is 1. The third-order valence-electron chi connectivity index (χ3n) is 5.03. The number of anilines is 1. The van der Waals surface area contributed by atoms with E-state index < -0.39 is 40.6 Å². The topological polar surface area (TPSA) is 63.4 Å². The largest absolute Gasteiger partial charge is 0.368 e. The van der Waals surface area contributed by atoms with E-state index in [-0.39, 0.29) is 31.4 Å². The van der Waals surface area contributed by atoms with Crippen LogP contribution in [0.5, 0.6) is 0 Å². The Morgan fingerprint density at radius 2 is 1.88 bits per heavy atom. The summed E-state index contributed by atoms with van der Waals surface area (Å²) in [6.45, 7) is 1.44. The fourth-order valence-corrected chi connectivity index (χ4v) is 3.62. The summed E-state index contributed by atoms with van der Waals surface area (Å²) in [6.07, 6.45) is 2.12. The van der Waals surface area contributed by atoms with Crippen molar-refractivity contribution in [2.24, 2.45) is 11.1 Å². The van der Waals surface area contributed by atoms with Gasteiger partial charge in [0.05, 0.1) is 11.1 Å². The van der Waals surface area contributed by atoms with Gasteiger partial charge < -0.3 is 5.73 Å². The minimum Gasteiger partial charge on any atom is -0.368 e. The van der Waals surface area contributed by atoms with Crippen LogP contribution in [-0.4, -0.2) is 23.5 Å². The fraction of sp³-hybridized carbons (Fsp3) is 0.471. The Morgan fingerprint density at radius 1 is 1.25 bits per heavy atom. The van der Waals surface area contributed by atoms with E-state index in [0.717, 1.165) is 17.0 Å². The number of carbonyl (C=O) groups is 2. The summed E-state index contributed by atoms with van der Waals surface area (Å²) in [6, 6.07) is 1.65. The molecular formula is C17H18F3N2O2. The van der Waals surface area contributed by atoms with Gasteiger partial charge in [0.1, 0.15) is 23.3 Å². The van der Waals surface area contributed by atoms with Gasteiger partial charge >= 0.3 is 0 Å². The SMILES string of the molecule is CC1(F)[CH]CC2(CC1)CC(C(N)=O)N(c1cc(F)cc(F)c1)C2=O. The highest BCUT2D eigenvalue weighted by Crippen LogP contribution is 2.51. The summed E-state index contributed by atoms with van der Waals surface area (Å²) in [4.78, 5) is 25.8. The first-order chi connectivity index (χ1) is 11.1. The number of nitrogens with two attached hydrogens (primary N) is 1. The molecule has 3 atom stereocenters. The van der Waals surface area contributed by atoms with E-state index in [0.29, 0.717) is 6.07 Å². The minimum atomic E-state index is -1.47. The first-order valence-electron chi connectivity index (χ1n) is 7.76. The summed E-state index contributed by atoms with van der Waals surface area (Å²) in [7, 11) is 0. The maximum Gasteiger partial charge on any atom is 0.240 e. The van der Waals surface area contributed by atoms with Crippen molar-refractivity contribution in [3.63, 3.8) is 0 Å². The minimum absolute atomic E-state index is 0.0493. The highest BCUT2D eigenvalue weighted by molar-refractivity contribution is 6.06. The maximum absolute atomic E-state index is 14.0. The van der Waals surface area contributed by atoms with Gasteiger partial charge in [-0.3, -0.25) is 14.5 Å². The van der Waals surface area contributed by atoms with E-state index in [1.54, 1.807) is 0 Å². The molecule has 24 heavy (non-hydrogen) atoms. The lowest BCUT2D eigenvalue weighted by Gasteiger charge is -2.37. The van der Waals surface area contributed by atoms with Gasteiger partial charge in [0, 0.05) is 6.07 Å². The molecule has 1 saturated heterocycles. The van der Waals surface area contributed by atoms with Gasteiger partial charge in [0.2, 0.25) is 11.8 Å². The van der Waals surface area contributed by atoms with Crippen molar-refractivity contribution in [2.45, 2.75) is 44.3 Å². The molecule has 1 aliphatic carbocycles. The smallest absolute Gasteiger partial charge is 0.240 e. The van der Waals surface area contributed by atoms with Crippen molar-refractivity contribution < 1.29 is 22.8 Å². The average Bonchev–Trinajstić information content (AvgIpc) is 2.75. The van der Waals surface area contributed by atoms with Gasteiger partial charge in [-0.15, -0.1) is 0 Å². The average molecular weight is 339 g/mol. The molecule has 2 fully saturated rings. The van der Waals surface area contributed by atoms with Crippen molar-refractivity contribution in [1.82, 2.24) is 0 Å². The molecule has 1 radical (unpaired) electrons. The number of nitrogens with zero attached hydrogens (tertiary/aromatic N) is 1. The third-order valence-corrected chi connectivity index (χ3v) is 5.03. The molecular weight excluding hydrogens is 321 g/mol. The summed E-state index contributed by atoms with van der Waals surface area (Å²) in [5.74, 6) is -2.90. The number of rotatable bonds is 2.